The fourth-order valence-electron chi connectivity index (χ4n) is 4.94. The fourth-order valence-corrected chi connectivity index (χ4v) is 5.33. The lowest BCUT2D eigenvalue weighted by Gasteiger charge is -2.33. The van der Waals surface area contributed by atoms with Crippen LogP contribution in [0.15, 0.2) is 67.0 Å². The van der Waals surface area contributed by atoms with Crippen LogP contribution in [0, 0.1) is 0 Å². The van der Waals surface area contributed by atoms with Crippen molar-refractivity contribution in [3.05, 3.63) is 78.4 Å². The molecular formula is C24H26N4OS. The van der Waals surface area contributed by atoms with Crippen LogP contribution in [-0.4, -0.2) is 32.7 Å². The Morgan fingerprint density at radius 1 is 1.03 bits per heavy atom. The standard InChI is InChI=1S/C24H26N4OS/c1-29-21-14-5-4-12-19(21)27-16-8-13-20(27)23-22(18-11-6-7-15-25-18)26-24(30)28(23)17-9-2-3-10-17/h4-8,11-17,22-23H,2-3,9-10H2,1H3,(H,26,30)/t22-,23-/m1/s1. The Kier molecular flexibility index (Phi) is 5.17. The molecule has 1 aromatic carbocycles. The number of nitrogens with one attached hydrogen (secondary N) is 1. The lowest BCUT2D eigenvalue weighted by atomic mass is 9.99. The van der Waals surface area contributed by atoms with Gasteiger partial charge in [-0.1, -0.05) is 31.0 Å². The van der Waals surface area contributed by atoms with Crippen molar-refractivity contribution >= 4 is 17.3 Å². The molecule has 3 heterocycles. The molecule has 2 aromatic heterocycles. The summed E-state index contributed by atoms with van der Waals surface area (Å²) in [6.45, 7) is 0. The Hall–Kier alpha value is -2.86. The largest absolute Gasteiger partial charge is 0.495 e. The molecule has 30 heavy (non-hydrogen) atoms. The molecule has 1 aliphatic heterocycles. The number of methoxy groups -OCH3 is 1. The summed E-state index contributed by atoms with van der Waals surface area (Å²) in [4.78, 5) is 7.10. The lowest BCUT2D eigenvalue weighted by molar-refractivity contribution is 0.239. The second-order valence-corrected chi connectivity index (χ2v) is 8.33. The van der Waals surface area contributed by atoms with Gasteiger partial charge < -0.3 is 19.5 Å². The second kappa shape index (κ2) is 8.11. The average molecular weight is 419 g/mol. The predicted molar refractivity (Wildman–Crippen MR) is 122 cm³/mol. The third-order valence-corrected chi connectivity index (χ3v) is 6.61. The topological polar surface area (TPSA) is 42.3 Å². The number of thiocarbonyl (C=S) groups is 1. The summed E-state index contributed by atoms with van der Waals surface area (Å²) in [5.41, 5.74) is 3.23. The van der Waals surface area contributed by atoms with Gasteiger partial charge in [0, 0.05) is 24.1 Å². The zero-order valence-corrected chi connectivity index (χ0v) is 17.9. The molecule has 1 saturated carbocycles. The number of benzene rings is 1. The minimum atomic E-state index is 0.00246. The number of hydrogen-bond acceptors (Lipinski definition) is 3. The van der Waals surface area contributed by atoms with Crippen LogP contribution in [0.25, 0.3) is 5.69 Å². The Balaban J connectivity index is 1.64. The number of nitrogens with zero attached hydrogens (tertiary/aromatic N) is 3. The number of aromatic nitrogens is 2. The van der Waals surface area contributed by atoms with Gasteiger partial charge in [0.15, 0.2) is 5.11 Å². The van der Waals surface area contributed by atoms with Crippen molar-refractivity contribution in [2.24, 2.45) is 0 Å². The normalized spacial score (nSPS) is 21.8. The van der Waals surface area contributed by atoms with Gasteiger partial charge in [-0.05, 0) is 61.5 Å². The summed E-state index contributed by atoms with van der Waals surface area (Å²) in [6.07, 6.45) is 8.85. The average Bonchev–Trinajstić information content (AvgIpc) is 3.53. The molecule has 5 nitrogen and oxygen atoms in total. The minimum Gasteiger partial charge on any atom is -0.495 e. The predicted octanol–water partition coefficient (Wildman–Crippen LogP) is 4.80. The summed E-state index contributed by atoms with van der Waals surface area (Å²) in [5, 5.41) is 4.42. The van der Waals surface area contributed by atoms with E-state index in [1.165, 1.54) is 31.4 Å². The van der Waals surface area contributed by atoms with Crippen molar-refractivity contribution in [2.45, 2.75) is 43.8 Å². The van der Waals surface area contributed by atoms with Crippen molar-refractivity contribution in [3.8, 4) is 11.4 Å². The van der Waals surface area contributed by atoms with Gasteiger partial charge in [0.25, 0.3) is 0 Å². The first kappa shape index (κ1) is 19.1. The molecule has 6 heteroatoms. The van der Waals surface area contributed by atoms with Gasteiger partial charge in [0.2, 0.25) is 0 Å². The highest BCUT2D eigenvalue weighted by Crippen LogP contribution is 2.43. The van der Waals surface area contributed by atoms with Gasteiger partial charge in [-0.2, -0.15) is 0 Å². The molecule has 0 bridgehead atoms. The van der Waals surface area contributed by atoms with Crippen LogP contribution in [0.5, 0.6) is 5.75 Å². The molecule has 2 fully saturated rings. The number of rotatable bonds is 5. The van der Waals surface area contributed by atoms with Gasteiger partial charge in [-0.25, -0.2) is 0 Å². The van der Waals surface area contributed by atoms with Crippen LogP contribution in [0.3, 0.4) is 0 Å². The molecule has 1 aliphatic carbocycles. The summed E-state index contributed by atoms with van der Waals surface area (Å²) >= 11 is 5.87. The molecule has 5 rings (SSSR count). The van der Waals surface area contributed by atoms with Crippen molar-refractivity contribution in [2.75, 3.05) is 7.11 Å². The van der Waals surface area contributed by atoms with E-state index in [9.17, 15) is 0 Å². The van der Waals surface area contributed by atoms with Crippen molar-refractivity contribution in [3.63, 3.8) is 0 Å². The van der Waals surface area contributed by atoms with Crippen LogP contribution in [0.1, 0.15) is 49.2 Å². The van der Waals surface area contributed by atoms with E-state index < -0.39 is 0 Å². The van der Waals surface area contributed by atoms with Crippen molar-refractivity contribution < 1.29 is 4.74 Å². The molecule has 1 N–H and O–H groups in total. The first-order chi connectivity index (χ1) is 14.8. The molecule has 0 unspecified atom stereocenters. The monoisotopic (exact) mass is 418 g/mol. The van der Waals surface area contributed by atoms with Crippen LogP contribution in [0.4, 0.5) is 0 Å². The smallest absolute Gasteiger partial charge is 0.170 e. The van der Waals surface area contributed by atoms with Gasteiger partial charge in [0.05, 0.1) is 30.6 Å². The Labute approximate surface area is 182 Å². The Bertz CT molecular complexity index is 1030. The first-order valence-electron chi connectivity index (χ1n) is 10.6. The van der Waals surface area contributed by atoms with E-state index in [1.807, 2.05) is 36.5 Å². The van der Waals surface area contributed by atoms with Crippen molar-refractivity contribution in [1.29, 1.82) is 0 Å². The molecule has 154 valence electrons. The molecule has 0 amide bonds. The van der Waals surface area contributed by atoms with E-state index >= 15 is 0 Å². The van der Waals surface area contributed by atoms with E-state index in [1.54, 1.807) is 7.11 Å². The molecule has 2 atom stereocenters. The Morgan fingerprint density at radius 3 is 2.60 bits per heavy atom. The third kappa shape index (κ3) is 3.25. The highest BCUT2D eigenvalue weighted by molar-refractivity contribution is 7.80. The highest BCUT2D eigenvalue weighted by atomic mass is 32.1. The van der Waals surface area contributed by atoms with E-state index in [0.717, 1.165) is 22.2 Å². The van der Waals surface area contributed by atoms with Crippen LogP contribution in [-0.2, 0) is 0 Å². The van der Waals surface area contributed by atoms with Crippen LogP contribution in [0.2, 0.25) is 0 Å². The van der Waals surface area contributed by atoms with Crippen LogP contribution < -0.4 is 10.1 Å². The summed E-state index contributed by atoms with van der Waals surface area (Å²) in [5.74, 6) is 0.852. The fraction of sp³-hybridized carbons (Fsp3) is 0.333. The highest BCUT2D eigenvalue weighted by Gasteiger charge is 2.44. The quantitative estimate of drug-likeness (QED) is 0.603. The van der Waals surface area contributed by atoms with E-state index in [-0.39, 0.29) is 12.1 Å². The molecule has 0 spiro atoms. The number of para-hydroxylation sites is 2. The lowest BCUT2D eigenvalue weighted by Crippen LogP contribution is -2.38. The number of pyridine rings is 1. The molecule has 2 aliphatic rings. The maximum atomic E-state index is 5.87. The zero-order chi connectivity index (χ0) is 20.5. The number of hydrogen-bond donors (Lipinski definition) is 1. The van der Waals surface area contributed by atoms with E-state index in [0.29, 0.717) is 6.04 Å². The first-order valence-corrected chi connectivity index (χ1v) is 11.0. The van der Waals surface area contributed by atoms with Gasteiger partial charge in [0.1, 0.15) is 5.75 Å². The minimum absolute atomic E-state index is 0.00246. The van der Waals surface area contributed by atoms with Gasteiger partial charge in [-0.3, -0.25) is 4.98 Å². The van der Waals surface area contributed by atoms with Gasteiger partial charge in [-0.15, -0.1) is 0 Å². The van der Waals surface area contributed by atoms with E-state index in [2.05, 4.69) is 50.2 Å². The van der Waals surface area contributed by atoms with E-state index in [4.69, 9.17) is 17.0 Å². The molecule has 1 saturated heterocycles. The molecule has 3 aromatic rings. The Morgan fingerprint density at radius 2 is 1.83 bits per heavy atom. The maximum absolute atomic E-state index is 5.87. The summed E-state index contributed by atoms with van der Waals surface area (Å²) in [7, 11) is 1.72. The van der Waals surface area contributed by atoms with Crippen LogP contribution >= 0.6 is 12.2 Å². The number of ether oxygens (including phenoxy) is 1. The molecule has 0 radical (unpaired) electrons. The summed E-state index contributed by atoms with van der Waals surface area (Å²) in [6, 6.07) is 19.1. The second-order valence-electron chi connectivity index (χ2n) is 7.95. The molecular weight excluding hydrogens is 392 g/mol. The van der Waals surface area contributed by atoms with Crippen molar-refractivity contribution in [1.82, 2.24) is 19.8 Å². The summed E-state index contributed by atoms with van der Waals surface area (Å²) < 4.78 is 7.89. The SMILES string of the molecule is COc1ccccc1-n1cccc1[C@@H]1[C@@H](c2ccccn2)NC(=S)N1C1CCCC1. The zero-order valence-electron chi connectivity index (χ0n) is 17.1. The third-order valence-electron chi connectivity index (χ3n) is 6.28. The maximum Gasteiger partial charge on any atom is 0.170 e. The van der Waals surface area contributed by atoms with Gasteiger partial charge >= 0.3 is 0 Å².